The number of thiophene rings is 1. The average Bonchev–Trinajstić information content (AvgIpc) is 3.14. The number of rotatable bonds is 5. The van der Waals surface area contributed by atoms with E-state index in [9.17, 15) is 9.59 Å². The number of ketones is 1. The molecule has 1 aliphatic rings. The van der Waals surface area contributed by atoms with Crippen LogP contribution in [0.2, 0.25) is 4.34 Å². The standard InChI is InChI=1S/C21H20ClN5O2S/c1-12-9-24-19(17(28)6-3-14-4-7-18(22)30-14)21(29)27(12)10-13-2-5-15-16(8-13)25-11-26-20(15)23/h2-8,11-12,19,24H,9-10H2,1H3,(H2,23,25,26). The Bertz CT molecular complexity index is 1150. The lowest BCUT2D eigenvalue weighted by atomic mass is 10.0. The molecule has 9 heteroatoms. The lowest BCUT2D eigenvalue weighted by Crippen LogP contribution is -2.61. The third kappa shape index (κ3) is 4.21. The maximum Gasteiger partial charge on any atom is 0.248 e. The summed E-state index contributed by atoms with van der Waals surface area (Å²) in [6, 6.07) is 8.31. The largest absolute Gasteiger partial charge is 0.383 e. The first kappa shape index (κ1) is 20.5. The van der Waals surface area contributed by atoms with E-state index in [2.05, 4.69) is 15.3 Å². The Hall–Kier alpha value is -2.81. The molecule has 30 heavy (non-hydrogen) atoms. The molecule has 7 nitrogen and oxygen atoms in total. The molecule has 1 fully saturated rings. The highest BCUT2D eigenvalue weighted by Crippen LogP contribution is 2.23. The molecule has 0 saturated carbocycles. The SMILES string of the molecule is CC1CNC(C(=O)C=Cc2ccc(Cl)s2)C(=O)N1Cc1ccc2c(N)ncnc2c1. The third-order valence-corrected chi connectivity index (χ3v) is 6.25. The number of amides is 1. The van der Waals surface area contributed by atoms with Crippen LogP contribution in [0.15, 0.2) is 42.7 Å². The van der Waals surface area contributed by atoms with Crippen LogP contribution in [0, 0.1) is 0 Å². The van der Waals surface area contributed by atoms with Crippen molar-refractivity contribution in [3.8, 4) is 0 Å². The first-order chi connectivity index (χ1) is 14.4. The number of anilines is 1. The summed E-state index contributed by atoms with van der Waals surface area (Å²) in [6.07, 6.45) is 4.53. The number of carbonyl (C=O) groups excluding carboxylic acids is 2. The number of hydrogen-bond acceptors (Lipinski definition) is 7. The Labute approximate surface area is 182 Å². The number of nitrogens with two attached hydrogens (primary N) is 1. The van der Waals surface area contributed by atoms with Crippen molar-refractivity contribution in [2.45, 2.75) is 25.6 Å². The predicted molar refractivity (Wildman–Crippen MR) is 119 cm³/mol. The zero-order valence-corrected chi connectivity index (χ0v) is 17.8. The van der Waals surface area contributed by atoms with Gasteiger partial charge in [0.15, 0.2) is 11.8 Å². The fraction of sp³-hybridized carbons (Fsp3) is 0.238. The Morgan fingerprint density at radius 3 is 2.97 bits per heavy atom. The smallest absolute Gasteiger partial charge is 0.248 e. The van der Waals surface area contributed by atoms with Crippen LogP contribution in [0.1, 0.15) is 17.4 Å². The van der Waals surface area contributed by atoms with Gasteiger partial charge in [0.25, 0.3) is 0 Å². The molecule has 3 heterocycles. The summed E-state index contributed by atoms with van der Waals surface area (Å²) in [7, 11) is 0. The molecular formula is C21H20ClN5O2S. The van der Waals surface area contributed by atoms with Gasteiger partial charge in [-0.1, -0.05) is 17.7 Å². The van der Waals surface area contributed by atoms with Crippen LogP contribution in [0.4, 0.5) is 5.82 Å². The molecular weight excluding hydrogens is 422 g/mol. The van der Waals surface area contributed by atoms with Crippen LogP contribution in [0.5, 0.6) is 0 Å². The lowest BCUT2D eigenvalue weighted by Gasteiger charge is -2.37. The molecule has 0 spiro atoms. The van der Waals surface area contributed by atoms with Crippen LogP contribution >= 0.6 is 22.9 Å². The highest BCUT2D eigenvalue weighted by atomic mass is 35.5. The number of aromatic nitrogens is 2. The van der Waals surface area contributed by atoms with Gasteiger partial charge >= 0.3 is 0 Å². The van der Waals surface area contributed by atoms with Gasteiger partial charge in [-0.3, -0.25) is 14.9 Å². The van der Waals surface area contributed by atoms with E-state index in [0.717, 1.165) is 21.3 Å². The minimum absolute atomic E-state index is 0.0483. The monoisotopic (exact) mass is 441 g/mol. The Kier molecular flexibility index (Phi) is 5.80. The molecule has 2 atom stereocenters. The lowest BCUT2D eigenvalue weighted by molar-refractivity contribution is -0.142. The Morgan fingerprint density at radius 1 is 1.37 bits per heavy atom. The van der Waals surface area contributed by atoms with Crippen molar-refractivity contribution < 1.29 is 9.59 Å². The van der Waals surface area contributed by atoms with Crippen LogP contribution in [0.25, 0.3) is 17.0 Å². The first-order valence-corrected chi connectivity index (χ1v) is 10.6. The van der Waals surface area contributed by atoms with Gasteiger partial charge in [-0.25, -0.2) is 9.97 Å². The van der Waals surface area contributed by atoms with Gasteiger partial charge in [0.05, 0.1) is 9.85 Å². The van der Waals surface area contributed by atoms with Crippen LogP contribution in [0.3, 0.4) is 0 Å². The van der Waals surface area contributed by atoms with Gasteiger partial charge < -0.3 is 10.6 Å². The molecule has 2 unspecified atom stereocenters. The number of benzene rings is 1. The minimum Gasteiger partial charge on any atom is -0.383 e. The van der Waals surface area contributed by atoms with E-state index < -0.39 is 6.04 Å². The fourth-order valence-corrected chi connectivity index (χ4v) is 4.39. The molecule has 1 saturated heterocycles. The number of fused-ring (bicyclic) bond motifs is 1. The number of carbonyl (C=O) groups is 2. The van der Waals surface area contributed by atoms with E-state index in [4.69, 9.17) is 17.3 Å². The third-order valence-electron chi connectivity index (χ3n) is 5.05. The molecule has 1 amide bonds. The molecule has 0 aliphatic carbocycles. The molecule has 0 radical (unpaired) electrons. The van der Waals surface area contributed by atoms with Crippen LogP contribution in [-0.2, 0) is 16.1 Å². The topological polar surface area (TPSA) is 101 Å². The van der Waals surface area contributed by atoms with Gasteiger partial charge in [0, 0.05) is 29.4 Å². The summed E-state index contributed by atoms with van der Waals surface area (Å²) in [5.41, 5.74) is 7.52. The van der Waals surface area contributed by atoms with E-state index in [1.54, 1.807) is 17.0 Å². The summed E-state index contributed by atoms with van der Waals surface area (Å²) in [4.78, 5) is 36.5. The van der Waals surface area contributed by atoms with E-state index >= 15 is 0 Å². The normalized spacial score (nSPS) is 19.7. The second kappa shape index (κ2) is 8.51. The van der Waals surface area contributed by atoms with E-state index in [1.165, 1.54) is 23.7 Å². The molecule has 1 aromatic carbocycles. The van der Waals surface area contributed by atoms with Crippen molar-refractivity contribution in [3.63, 3.8) is 0 Å². The van der Waals surface area contributed by atoms with Gasteiger partial charge in [-0.05, 0) is 48.9 Å². The number of hydrogen-bond donors (Lipinski definition) is 2. The predicted octanol–water partition coefficient (Wildman–Crippen LogP) is 2.90. The number of nitrogen functional groups attached to an aromatic ring is 1. The molecule has 154 valence electrons. The summed E-state index contributed by atoms with van der Waals surface area (Å²) >= 11 is 7.29. The van der Waals surface area contributed by atoms with Crippen molar-refractivity contribution in [1.82, 2.24) is 20.2 Å². The second-order valence-corrected chi connectivity index (χ2v) is 8.89. The summed E-state index contributed by atoms with van der Waals surface area (Å²) in [5.74, 6) is -0.0991. The van der Waals surface area contributed by atoms with E-state index in [0.29, 0.717) is 23.2 Å². The number of nitrogens with one attached hydrogen (secondary N) is 1. The molecule has 2 aromatic heterocycles. The highest BCUT2D eigenvalue weighted by molar-refractivity contribution is 7.17. The second-order valence-electron chi connectivity index (χ2n) is 7.14. The van der Waals surface area contributed by atoms with Gasteiger partial charge in [-0.15, -0.1) is 11.3 Å². The molecule has 3 N–H and O–H groups in total. The number of piperazine rings is 1. The fourth-order valence-electron chi connectivity index (χ4n) is 3.42. The zero-order chi connectivity index (χ0) is 21.3. The van der Waals surface area contributed by atoms with Crippen molar-refractivity contribution in [2.75, 3.05) is 12.3 Å². The summed E-state index contributed by atoms with van der Waals surface area (Å²) < 4.78 is 0.649. The van der Waals surface area contributed by atoms with Crippen LogP contribution < -0.4 is 11.1 Å². The van der Waals surface area contributed by atoms with E-state index in [-0.39, 0.29) is 17.7 Å². The van der Waals surface area contributed by atoms with Crippen molar-refractivity contribution in [2.24, 2.45) is 0 Å². The minimum atomic E-state index is -0.897. The first-order valence-electron chi connectivity index (χ1n) is 9.42. The van der Waals surface area contributed by atoms with Gasteiger partial charge in [0.2, 0.25) is 5.91 Å². The summed E-state index contributed by atoms with van der Waals surface area (Å²) in [6.45, 7) is 2.87. The molecule has 1 aliphatic heterocycles. The molecule has 4 rings (SSSR count). The summed E-state index contributed by atoms with van der Waals surface area (Å²) in [5, 5.41) is 3.83. The molecule has 3 aromatic rings. The van der Waals surface area contributed by atoms with Crippen LogP contribution in [-0.4, -0.2) is 45.2 Å². The molecule has 0 bridgehead atoms. The maximum atomic E-state index is 13.1. The van der Waals surface area contributed by atoms with Gasteiger partial charge in [-0.2, -0.15) is 0 Å². The highest BCUT2D eigenvalue weighted by Gasteiger charge is 2.36. The van der Waals surface area contributed by atoms with Crippen molar-refractivity contribution in [1.29, 1.82) is 0 Å². The zero-order valence-electron chi connectivity index (χ0n) is 16.2. The van der Waals surface area contributed by atoms with Crippen molar-refractivity contribution in [3.05, 3.63) is 57.5 Å². The Morgan fingerprint density at radius 2 is 2.20 bits per heavy atom. The van der Waals surface area contributed by atoms with E-state index in [1.807, 2.05) is 31.2 Å². The quantitative estimate of drug-likeness (QED) is 0.466. The maximum absolute atomic E-state index is 13.1. The Balaban J connectivity index is 1.51. The number of halogens is 1. The van der Waals surface area contributed by atoms with Crippen molar-refractivity contribution >= 4 is 57.4 Å². The van der Waals surface area contributed by atoms with Gasteiger partial charge in [0.1, 0.15) is 12.1 Å². The average molecular weight is 442 g/mol. The number of nitrogens with zero attached hydrogens (tertiary/aromatic N) is 3.